The van der Waals surface area contributed by atoms with Gasteiger partial charge in [-0.25, -0.2) is 19.9 Å². The van der Waals surface area contributed by atoms with Crippen LogP contribution in [-0.4, -0.2) is 19.9 Å². The molecule has 2 aromatic heterocycles. The van der Waals surface area contributed by atoms with Crippen molar-refractivity contribution >= 4 is 85.8 Å². The number of fused-ring (bicyclic) bond motifs is 2. The molecule has 0 atom stereocenters. The number of benzene rings is 6. The van der Waals surface area contributed by atoms with E-state index >= 15 is 0 Å². The van der Waals surface area contributed by atoms with Gasteiger partial charge >= 0.3 is 0 Å². The van der Waals surface area contributed by atoms with Crippen molar-refractivity contribution in [3.63, 3.8) is 0 Å². The standard InChI is InChI=1S/C40H22Br4N4/c41-29-11-1-23(2-12-29)37-39(25-5-15-31(43)16-6-25)47-35-21-27(9-19-33(35)45-37)28-10-20-34-36(22-28)48-40(26-7-17-32(44)18-8-26)38(46-34)24-3-13-30(42)14-4-24/h1-22H. The van der Waals surface area contributed by atoms with Gasteiger partial charge in [0, 0.05) is 40.1 Å². The van der Waals surface area contributed by atoms with E-state index in [1.165, 1.54) is 0 Å². The van der Waals surface area contributed by atoms with E-state index in [2.05, 4.69) is 137 Å². The second-order valence-corrected chi connectivity index (χ2v) is 14.9. The van der Waals surface area contributed by atoms with Crippen molar-refractivity contribution in [1.82, 2.24) is 19.9 Å². The zero-order valence-corrected chi connectivity index (χ0v) is 31.3. The minimum atomic E-state index is 0.818. The fraction of sp³-hybridized carbons (Fsp3) is 0. The Morgan fingerprint density at radius 1 is 0.250 bits per heavy atom. The maximum absolute atomic E-state index is 5.21. The van der Waals surface area contributed by atoms with Crippen molar-refractivity contribution in [2.24, 2.45) is 0 Å². The molecule has 0 saturated heterocycles. The summed E-state index contributed by atoms with van der Waals surface area (Å²) in [4.78, 5) is 20.7. The largest absolute Gasteiger partial charge is 0.244 e. The molecule has 0 aliphatic carbocycles. The van der Waals surface area contributed by atoms with E-state index in [1.807, 2.05) is 60.7 Å². The summed E-state index contributed by atoms with van der Waals surface area (Å²) >= 11 is 14.2. The second kappa shape index (κ2) is 13.1. The highest BCUT2D eigenvalue weighted by atomic mass is 79.9. The molecule has 0 amide bonds. The van der Waals surface area contributed by atoms with E-state index in [4.69, 9.17) is 19.9 Å². The molecule has 0 aliphatic heterocycles. The van der Waals surface area contributed by atoms with Crippen LogP contribution in [0.4, 0.5) is 0 Å². The van der Waals surface area contributed by atoms with Gasteiger partial charge in [-0.15, -0.1) is 0 Å². The Hall–Kier alpha value is -4.08. The third-order valence-corrected chi connectivity index (χ3v) is 10.2. The molecule has 230 valence electrons. The van der Waals surface area contributed by atoms with Crippen LogP contribution in [0.1, 0.15) is 0 Å². The first-order valence-electron chi connectivity index (χ1n) is 15.1. The Morgan fingerprint density at radius 3 is 0.750 bits per heavy atom. The fourth-order valence-electron chi connectivity index (χ4n) is 5.70. The van der Waals surface area contributed by atoms with Crippen molar-refractivity contribution in [2.75, 3.05) is 0 Å². The van der Waals surface area contributed by atoms with Crippen LogP contribution in [0.15, 0.2) is 151 Å². The Balaban J connectivity index is 1.26. The summed E-state index contributed by atoms with van der Waals surface area (Å²) in [5, 5.41) is 0. The average Bonchev–Trinajstić information content (AvgIpc) is 3.11. The van der Waals surface area contributed by atoms with Crippen LogP contribution in [0, 0.1) is 0 Å². The van der Waals surface area contributed by atoms with Crippen LogP contribution >= 0.6 is 63.7 Å². The molecule has 4 nitrogen and oxygen atoms in total. The molecular formula is C40H22Br4N4. The third kappa shape index (κ3) is 6.26. The average molecular weight is 878 g/mol. The van der Waals surface area contributed by atoms with Crippen LogP contribution in [0.2, 0.25) is 0 Å². The van der Waals surface area contributed by atoms with Gasteiger partial charge in [-0.3, -0.25) is 0 Å². The number of hydrogen-bond donors (Lipinski definition) is 0. The van der Waals surface area contributed by atoms with Gasteiger partial charge in [-0.05, 0) is 83.9 Å². The van der Waals surface area contributed by atoms with E-state index in [1.54, 1.807) is 0 Å². The first-order chi connectivity index (χ1) is 23.4. The summed E-state index contributed by atoms with van der Waals surface area (Å²) < 4.78 is 4.06. The Labute approximate surface area is 310 Å². The number of nitrogens with zero attached hydrogens (tertiary/aromatic N) is 4. The van der Waals surface area contributed by atoms with Gasteiger partial charge < -0.3 is 0 Å². The quantitative estimate of drug-likeness (QED) is 0.173. The number of aromatic nitrogens is 4. The van der Waals surface area contributed by atoms with Crippen LogP contribution in [0.3, 0.4) is 0 Å². The second-order valence-electron chi connectivity index (χ2n) is 11.3. The zero-order chi connectivity index (χ0) is 32.8. The maximum Gasteiger partial charge on any atom is 0.0973 e. The minimum absolute atomic E-state index is 0.818. The van der Waals surface area contributed by atoms with Gasteiger partial charge in [0.05, 0.1) is 44.8 Å². The van der Waals surface area contributed by atoms with Crippen LogP contribution in [-0.2, 0) is 0 Å². The zero-order valence-electron chi connectivity index (χ0n) is 25.0. The Morgan fingerprint density at radius 2 is 0.479 bits per heavy atom. The van der Waals surface area contributed by atoms with Crippen molar-refractivity contribution in [1.29, 1.82) is 0 Å². The molecule has 0 fully saturated rings. The lowest BCUT2D eigenvalue weighted by atomic mass is 10.0. The highest BCUT2D eigenvalue weighted by Gasteiger charge is 2.17. The molecule has 0 unspecified atom stereocenters. The molecule has 0 N–H and O–H groups in total. The van der Waals surface area contributed by atoms with Gasteiger partial charge in [0.1, 0.15) is 0 Å². The maximum atomic E-state index is 5.21. The van der Waals surface area contributed by atoms with Gasteiger partial charge in [-0.2, -0.15) is 0 Å². The number of hydrogen-bond acceptors (Lipinski definition) is 4. The summed E-state index contributed by atoms with van der Waals surface area (Å²) in [5.74, 6) is 0. The monoisotopic (exact) mass is 874 g/mol. The first-order valence-corrected chi connectivity index (χ1v) is 18.2. The molecule has 2 heterocycles. The van der Waals surface area contributed by atoms with Gasteiger partial charge in [0.15, 0.2) is 0 Å². The van der Waals surface area contributed by atoms with Crippen molar-refractivity contribution < 1.29 is 0 Å². The summed E-state index contributed by atoms with van der Waals surface area (Å²) in [7, 11) is 0. The summed E-state index contributed by atoms with van der Waals surface area (Å²) in [6, 6.07) is 45.3. The van der Waals surface area contributed by atoms with E-state index < -0.39 is 0 Å². The summed E-state index contributed by atoms with van der Waals surface area (Å²) in [6.45, 7) is 0. The minimum Gasteiger partial charge on any atom is -0.244 e. The Kier molecular flexibility index (Phi) is 8.51. The molecular weight excluding hydrogens is 856 g/mol. The van der Waals surface area contributed by atoms with Crippen LogP contribution in [0.25, 0.3) is 78.2 Å². The normalized spacial score (nSPS) is 11.3. The smallest absolute Gasteiger partial charge is 0.0973 e. The summed E-state index contributed by atoms with van der Waals surface area (Å²) in [6.07, 6.45) is 0. The molecule has 6 aromatic carbocycles. The molecule has 8 heteroatoms. The topological polar surface area (TPSA) is 51.6 Å². The molecule has 8 aromatic rings. The van der Waals surface area contributed by atoms with Crippen molar-refractivity contribution in [3.8, 4) is 56.2 Å². The summed E-state index contributed by atoms with van der Waals surface area (Å²) in [5.41, 5.74) is 12.7. The highest BCUT2D eigenvalue weighted by molar-refractivity contribution is 9.11. The molecule has 0 radical (unpaired) electrons. The van der Waals surface area contributed by atoms with Crippen molar-refractivity contribution in [2.45, 2.75) is 0 Å². The van der Waals surface area contributed by atoms with E-state index in [0.717, 1.165) is 96.1 Å². The van der Waals surface area contributed by atoms with Gasteiger partial charge in [0.2, 0.25) is 0 Å². The first kappa shape index (κ1) is 31.2. The van der Waals surface area contributed by atoms with Gasteiger partial charge in [-0.1, -0.05) is 124 Å². The lowest BCUT2D eigenvalue weighted by Gasteiger charge is -2.13. The van der Waals surface area contributed by atoms with Crippen molar-refractivity contribution in [3.05, 3.63) is 151 Å². The lowest BCUT2D eigenvalue weighted by Crippen LogP contribution is -1.97. The fourth-order valence-corrected chi connectivity index (χ4v) is 6.76. The van der Waals surface area contributed by atoms with Gasteiger partial charge in [0.25, 0.3) is 0 Å². The molecule has 0 spiro atoms. The van der Waals surface area contributed by atoms with E-state index in [0.29, 0.717) is 0 Å². The predicted molar refractivity (Wildman–Crippen MR) is 211 cm³/mol. The molecule has 0 bridgehead atoms. The third-order valence-electron chi connectivity index (χ3n) is 8.13. The Bertz CT molecular complexity index is 2290. The molecule has 0 saturated carbocycles. The van der Waals surface area contributed by atoms with Crippen LogP contribution in [0.5, 0.6) is 0 Å². The van der Waals surface area contributed by atoms with Crippen LogP contribution < -0.4 is 0 Å². The van der Waals surface area contributed by atoms with E-state index in [-0.39, 0.29) is 0 Å². The molecule has 48 heavy (non-hydrogen) atoms. The number of rotatable bonds is 5. The number of halogens is 4. The lowest BCUT2D eigenvalue weighted by molar-refractivity contribution is 1.29. The predicted octanol–water partition coefficient (Wildman–Crippen LogP) is 13.0. The highest BCUT2D eigenvalue weighted by Crippen LogP contribution is 2.36. The molecule has 0 aliphatic rings. The SMILES string of the molecule is Brc1ccc(-c2nc3ccc(-c4ccc5nc(-c6ccc(Br)cc6)c(-c6ccc(Br)cc6)nc5c4)cc3nc2-c2ccc(Br)cc2)cc1. The van der Waals surface area contributed by atoms with E-state index in [9.17, 15) is 0 Å². The molecule has 8 rings (SSSR count).